The van der Waals surface area contributed by atoms with Crippen molar-refractivity contribution in [3.05, 3.63) is 83.2 Å². The van der Waals surface area contributed by atoms with E-state index in [0.29, 0.717) is 76.5 Å². The molecule has 324 valence electrons. The minimum Gasteiger partial charge on any atom is -0.379 e. The van der Waals surface area contributed by atoms with Gasteiger partial charge in [0.2, 0.25) is 11.8 Å². The molecule has 16 heteroatoms. The van der Waals surface area contributed by atoms with Crippen LogP contribution in [-0.4, -0.2) is 133 Å². The quantitative estimate of drug-likeness (QED) is 0.191. The van der Waals surface area contributed by atoms with E-state index in [-0.39, 0.29) is 46.5 Å². The lowest BCUT2D eigenvalue weighted by Gasteiger charge is -2.38. The number of pyridine rings is 2. The number of piperidine rings is 2. The smallest absolute Gasteiger partial charge is 0.379 e. The number of aromatic nitrogens is 2. The van der Waals surface area contributed by atoms with E-state index in [9.17, 15) is 35.9 Å². The van der Waals surface area contributed by atoms with Gasteiger partial charge in [-0.25, -0.2) is 0 Å². The largest absolute Gasteiger partial charge is 0.418 e. The van der Waals surface area contributed by atoms with Crippen molar-refractivity contribution in [3.8, 4) is 0 Å². The zero-order chi connectivity index (χ0) is 42.6. The first-order chi connectivity index (χ1) is 28.7. The Morgan fingerprint density at radius 2 is 0.983 bits per heavy atom. The van der Waals surface area contributed by atoms with E-state index in [2.05, 4.69) is 33.6 Å². The van der Waals surface area contributed by atoms with Crippen molar-refractivity contribution in [3.63, 3.8) is 0 Å². The Bertz CT molecular complexity index is 1970. The summed E-state index contributed by atoms with van der Waals surface area (Å²) in [6.45, 7) is 12.8. The summed E-state index contributed by atoms with van der Waals surface area (Å²) < 4.78 is 91.3. The van der Waals surface area contributed by atoms with E-state index >= 15 is 0 Å². The molecule has 4 fully saturated rings. The van der Waals surface area contributed by atoms with E-state index in [1.807, 2.05) is 9.80 Å². The maximum Gasteiger partial charge on any atom is 0.418 e. The van der Waals surface area contributed by atoms with Gasteiger partial charge < -0.3 is 19.3 Å². The molecule has 10 nitrogen and oxygen atoms in total. The number of hydrogen-bond acceptors (Lipinski definition) is 8. The van der Waals surface area contributed by atoms with Crippen LogP contribution in [0.2, 0.25) is 0 Å². The molecular formula is C44H52F6N6O4. The molecule has 0 radical (unpaired) electrons. The summed E-state index contributed by atoms with van der Waals surface area (Å²) in [5, 5.41) is 1.04. The number of benzene rings is 2. The van der Waals surface area contributed by atoms with Gasteiger partial charge in [-0.3, -0.25) is 29.4 Å². The predicted octanol–water partition coefficient (Wildman–Crippen LogP) is 7.08. The summed E-state index contributed by atoms with van der Waals surface area (Å²) in [5.41, 5.74) is 0.194. The molecule has 4 aliphatic rings. The lowest BCUT2D eigenvalue weighted by Crippen LogP contribution is -2.48. The number of carbonyl (C=O) groups excluding carboxylic acids is 2. The van der Waals surface area contributed by atoms with Crippen molar-refractivity contribution in [2.24, 2.45) is 11.8 Å². The minimum atomic E-state index is -4.45. The highest BCUT2D eigenvalue weighted by atomic mass is 19.4. The first-order valence-corrected chi connectivity index (χ1v) is 20.7. The normalized spacial score (nSPS) is 23.7. The Balaban J connectivity index is 0.000000181. The van der Waals surface area contributed by atoms with Crippen LogP contribution in [0.25, 0.3) is 21.8 Å². The maximum absolute atomic E-state index is 13.4. The average Bonchev–Trinajstić information content (AvgIpc) is 3.22. The number of carbonyl (C=O) groups is 2. The molecule has 60 heavy (non-hydrogen) atoms. The number of rotatable bonds is 6. The van der Waals surface area contributed by atoms with Crippen LogP contribution in [0.3, 0.4) is 0 Å². The molecule has 4 aliphatic heterocycles. The summed E-state index contributed by atoms with van der Waals surface area (Å²) in [5.74, 6) is 0.649. The van der Waals surface area contributed by atoms with E-state index < -0.39 is 23.5 Å². The fourth-order valence-corrected chi connectivity index (χ4v) is 9.22. The zero-order valence-corrected chi connectivity index (χ0v) is 34.0. The lowest BCUT2D eigenvalue weighted by molar-refractivity contribution is -0.137. The van der Waals surface area contributed by atoms with E-state index in [1.165, 1.54) is 12.4 Å². The third-order valence-electron chi connectivity index (χ3n) is 12.0. The van der Waals surface area contributed by atoms with Gasteiger partial charge in [0.1, 0.15) is 0 Å². The number of halogens is 6. The van der Waals surface area contributed by atoms with Gasteiger partial charge in [-0.05, 0) is 60.1 Å². The second-order valence-corrected chi connectivity index (χ2v) is 16.6. The Morgan fingerprint density at radius 1 is 0.600 bits per heavy atom. The molecule has 4 atom stereocenters. The fraction of sp³-hybridized carbons (Fsp3) is 0.545. The van der Waals surface area contributed by atoms with Gasteiger partial charge in [0, 0.05) is 87.4 Å². The fourth-order valence-electron chi connectivity index (χ4n) is 9.22. The lowest BCUT2D eigenvalue weighted by atomic mass is 9.83. The Morgan fingerprint density at radius 3 is 1.35 bits per heavy atom. The molecule has 2 unspecified atom stereocenters. The number of ether oxygens (including phenoxy) is 2. The van der Waals surface area contributed by atoms with Crippen LogP contribution in [0.15, 0.2) is 60.9 Å². The Labute approximate surface area is 345 Å². The van der Waals surface area contributed by atoms with Crippen LogP contribution in [0.4, 0.5) is 26.3 Å². The molecule has 0 bridgehead atoms. The van der Waals surface area contributed by atoms with E-state index in [4.69, 9.17) is 9.47 Å². The van der Waals surface area contributed by atoms with Gasteiger partial charge in [0.15, 0.2) is 0 Å². The van der Waals surface area contributed by atoms with Gasteiger partial charge in [-0.1, -0.05) is 38.1 Å². The van der Waals surface area contributed by atoms with Gasteiger partial charge in [0.05, 0.1) is 61.7 Å². The SMILES string of the molecule is C[C@@H]1CC(c2ccc(C(F)(F)F)c3ncccc23)CN(C(=O)CN2CCOCC2)C1.C[C@@H]1CC(c2ccc(C(F)(F)F)c3ncccc23)CN(C(=O)CN2CCOCC2)C1. The van der Waals surface area contributed by atoms with Crippen LogP contribution in [-0.2, 0) is 31.4 Å². The topological polar surface area (TPSA) is 91.3 Å². The number of morpholine rings is 2. The summed E-state index contributed by atoms with van der Waals surface area (Å²) >= 11 is 0. The van der Waals surface area contributed by atoms with Crippen molar-refractivity contribution in [1.29, 1.82) is 0 Å². The Hall–Kier alpha value is -4.38. The number of amides is 2. The molecule has 4 aromatic rings. The molecule has 0 aliphatic carbocycles. The summed E-state index contributed by atoms with van der Waals surface area (Å²) in [4.78, 5) is 41.8. The maximum atomic E-state index is 13.4. The van der Waals surface area contributed by atoms with Gasteiger partial charge in [0.25, 0.3) is 0 Å². The number of likely N-dealkylation sites (tertiary alicyclic amines) is 2. The number of alkyl halides is 6. The Kier molecular flexibility index (Phi) is 13.6. The minimum absolute atomic E-state index is 0.0172. The van der Waals surface area contributed by atoms with Gasteiger partial charge >= 0.3 is 12.4 Å². The number of fused-ring (bicyclic) bond motifs is 2. The van der Waals surface area contributed by atoms with Crippen LogP contribution < -0.4 is 0 Å². The number of nitrogens with zero attached hydrogens (tertiary/aromatic N) is 6. The summed E-state index contributed by atoms with van der Waals surface area (Å²) in [7, 11) is 0. The molecule has 6 heterocycles. The third-order valence-corrected chi connectivity index (χ3v) is 12.0. The third kappa shape index (κ3) is 10.4. The second-order valence-electron chi connectivity index (χ2n) is 16.6. The second kappa shape index (κ2) is 18.7. The first-order valence-electron chi connectivity index (χ1n) is 20.7. The first kappa shape index (κ1) is 43.7. The molecule has 4 saturated heterocycles. The standard InChI is InChI=1S/2C22H26F3N3O2/c2*1-15-11-16(13-28(12-15)20(29)14-27-7-9-30-10-8-27)17-4-5-19(22(23,24)25)21-18(17)3-2-6-26-21/h2*2-6,15-16H,7-14H2,1H3/t2*15-,16?/m11/s1. The zero-order valence-electron chi connectivity index (χ0n) is 34.0. The highest BCUT2D eigenvalue weighted by Crippen LogP contribution is 2.41. The van der Waals surface area contributed by atoms with Crippen molar-refractivity contribution in [1.82, 2.24) is 29.6 Å². The summed E-state index contributed by atoms with van der Waals surface area (Å²) in [6, 6.07) is 12.1. The van der Waals surface area contributed by atoms with Crippen molar-refractivity contribution < 1.29 is 45.4 Å². The highest BCUT2D eigenvalue weighted by molar-refractivity contribution is 5.87. The van der Waals surface area contributed by atoms with Crippen LogP contribution in [0, 0.1) is 11.8 Å². The highest BCUT2D eigenvalue weighted by Gasteiger charge is 2.37. The van der Waals surface area contributed by atoms with Gasteiger partial charge in [-0.15, -0.1) is 0 Å². The van der Waals surface area contributed by atoms with E-state index in [1.54, 1.807) is 36.4 Å². The molecule has 2 aromatic heterocycles. The molecule has 2 amide bonds. The van der Waals surface area contributed by atoms with E-state index in [0.717, 1.165) is 62.3 Å². The molecule has 2 aromatic carbocycles. The van der Waals surface area contributed by atoms with Crippen LogP contribution in [0.1, 0.15) is 60.8 Å². The van der Waals surface area contributed by atoms with Crippen LogP contribution in [0.5, 0.6) is 0 Å². The molecule has 8 rings (SSSR count). The average molecular weight is 843 g/mol. The molecule has 0 spiro atoms. The van der Waals surface area contributed by atoms with Crippen molar-refractivity contribution in [2.45, 2.75) is 50.9 Å². The molecular weight excluding hydrogens is 791 g/mol. The number of hydrogen-bond donors (Lipinski definition) is 0. The molecule has 0 N–H and O–H groups in total. The monoisotopic (exact) mass is 842 g/mol. The van der Waals surface area contributed by atoms with Crippen molar-refractivity contribution in [2.75, 3.05) is 91.9 Å². The molecule has 0 saturated carbocycles. The summed E-state index contributed by atoms with van der Waals surface area (Å²) in [6.07, 6.45) is -4.46. The van der Waals surface area contributed by atoms with Gasteiger partial charge in [-0.2, -0.15) is 26.3 Å². The predicted molar refractivity (Wildman–Crippen MR) is 214 cm³/mol. The van der Waals surface area contributed by atoms with Crippen LogP contribution >= 0.6 is 0 Å². The van der Waals surface area contributed by atoms with Crippen molar-refractivity contribution >= 4 is 33.6 Å².